The molecule has 4 aromatic rings. The van der Waals surface area contributed by atoms with Crippen LogP contribution in [0.5, 0.6) is 5.88 Å². The summed E-state index contributed by atoms with van der Waals surface area (Å²) in [6.07, 6.45) is 6.79. The van der Waals surface area contributed by atoms with Crippen molar-refractivity contribution >= 4 is 28.2 Å². The second kappa shape index (κ2) is 11.8. The Hall–Kier alpha value is -4.31. The molecule has 1 aliphatic heterocycles. The third-order valence-electron chi connectivity index (χ3n) is 7.22. The third-order valence-corrected chi connectivity index (χ3v) is 7.22. The van der Waals surface area contributed by atoms with Gasteiger partial charge in [0.1, 0.15) is 11.5 Å². The van der Waals surface area contributed by atoms with Gasteiger partial charge in [-0.1, -0.05) is 6.07 Å². The average molecular weight is 542 g/mol. The monoisotopic (exact) mass is 541 g/mol. The fraction of sp³-hybridized carbons (Fsp3) is 0.367. The molecule has 0 aliphatic carbocycles. The first kappa shape index (κ1) is 27.3. The summed E-state index contributed by atoms with van der Waals surface area (Å²) in [7, 11) is 1.54. The molecule has 0 atom stereocenters. The number of nitrogens with zero attached hydrogens (tertiary/aromatic N) is 4. The number of aromatic amines is 1. The largest absolute Gasteiger partial charge is 0.480 e. The van der Waals surface area contributed by atoms with Crippen LogP contribution in [-0.4, -0.2) is 63.5 Å². The maximum atomic E-state index is 12.8. The molecule has 0 saturated carbocycles. The summed E-state index contributed by atoms with van der Waals surface area (Å²) in [6.45, 7) is 8.32. The van der Waals surface area contributed by atoms with E-state index in [1.54, 1.807) is 12.4 Å². The number of benzene rings is 1. The number of H-pyrrole nitrogens is 1. The number of rotatable bonds is 8. The minimum atomic E-state index is -0.224. The molecule has 1 fully saturated rings. The number of piperidine rings is 1. The molecule has 208 valence electrons. The first-order chi connectivity index (χ1) is 19.3. The molecule has 0 unspecified atom stereocenters. The molecule has 3 N–H and O–H groups in total. The Balaban J connectivity index is 1.36. The minimum Gasteiger partial charge on any atom is -0.480 e. The van der Waals surface area contributed by atoms with Crippen LogP contribution >= 0.6 is 0 Å². The van der Waals surface area contributed by atoms with E-state index in [0.29, 0.717) is 40.9 Å². The number of hydrogen-bond acceptors (Lipinski definition) is 8. The van der Waals surface area contributed by atoms with Crippen LogP contribution in [0.4, 0.5) is 11.5 Å². The zero-order valence-electron chi connectivity index (χ0n) is 23.3. The minimum absolute atomic E-state index is 0.0857. The average Bonchev–Trinajstić information content (AvgIpc) is 2.93. The first-order valence-corrected chi connectivity index (χ1v) is 13.6. The Morgan fingerprint density at radius 3 is 2.65 bits per heavy atom. The lowest BCUT2D eigenvalue weighted by Gasteiger charge is -2.32. The molecule has 4 heterocycles. The van der Waals surface area contributed by atoms with Gasteiger partial charge in [-0.25, -0.2) is 9.97 Å². The summed E-state index contributed by atoms with van der Waals surface area (Å²) in [4.78, 5) is 43.4. The van der Waals surface area contributed by atoms with Crippen LogP contribution in [0.25, 0.3) is 22.2 Å². The number of hydrogen-bond donors (Lipinski definition) is 3. The van der Waals surface area contributed by atoms with E-state index in [0.717, 1.165) is 37.0 Å². The number of nitrogens with one attached hydrogen (secondary N) is 3. The van der Waals surface area contributed by atoms with E-state index in [2.05, 4.69) is 49.5 Å². The number of aryl methyl sites for hydroxylation is 1. The molecule has 1 aromatic carbocycles. The number of fused-ring (bicyclic) bond motifs is 1. The van der Waals surface area contributed by atoms with Gasteiger partial charge in [0.2, 0.25) is 11.8 Å². The molecule has 1 saturated heterocycles. The molecule has 10 heteroatoms. The van der Waals surface area contributed by atoms with E-state index in [1.165, 1.54) is 24.4 Å². The van der Waals surface area contributed by atoms with E-state index >= 15 is 0 Å². The third kappa shape index (κ3) is 6.12. The maximum absolute atomic E-state index is 12.8. The fourth-order valence-corrected chi connectivity index (χ4v) is 5.33. The van der Waals surface area contributed by atoms with Crippen molar-refractivity contribution in [2.75, 3.05) is 32.1 Å². The zero-order chi connectivity index (χ0) is 28.2. The second-order valence-corrected chi connectivity index (χ2v) is 10.5. The van der Waals surface area contributed by atoms with Crippen molar-refractivity contribution in [3.05, 3.63) is 70.4 Å². The van der Waals surface area contributed by atoms with Crippen molar-refractivity contribution in [2.24, 2.45) is 0 Å². The normalized spacial score (nSPS) is 14.4. The van der Waals surface area contributed by atoms with Crippen molar-refractivity contribution in [2.45, 2.75) is 45.6 Å². The van der Waals surface area contributed by atoms with Crippen molar-refractivity contribution in [1.82, 2.24) is 30.2 Å². The van der Waals surface area contributed by atoms with Crippen molar-refractivity contribution < 1.29 is 9.53 Å². The molecule has 5 rings (SSSR count). The highest BCUT2D eigenvalue weighted by Gasteiger charge is 2.23. The summed E-state index contributed by atoms with van der Waals surface area (Å²) in [5.41, 5.74) is 4.23. The summed E-state index contributed by atoms with van der Waals surface area (Å²) in [5.74, 6) is 1.35. The van der Waals surface area contributed by atoms with E-state index in [1.807, 2.05) is 32.0 Å². The summed E-state index contributed by atoms with van der Waals surface area (Å²) >= 11 is 0. The van der Waals surface area contributed by atoms with Gasteiger partial charge in [-0.2, -0.15) is 0 Å². The van der Waals surface area contributed by atoms with Crippen LogP contribution < -0.4 is 20.9 Å². The van der Waals surface area contributed by atoms with Gasteiger partial charge in [-0.05, 0) is 93.4 Å². The van der Waals surface area contributed by atoms with Crippen molar-refractivity contribution in [1.29, 1.82) is 0 Å². The molecular formula is C30H35N7O3. The molecule has 0 spiro atoms. The first-order valence-electron chi connectivity index (χ1n) is 13.6. The molecule has 40 heavy (non-hydrogen) atoms. The summed E-state index contributed by atoms with van der Waals surface area (Å²) < 4.78 is 5.23. The van der Waals surface area contributed by atoms with Crippen molar-refractivity contribution in [3.63, 3.8) is 0 Å². The number of ether oxygens (including phenoxy) is 1. The molecule has 1 aliphatic rings. The SMILES string of the molecule is COc1cncc(-c2cc3cc[nH]c(=O)c3c(Nc3ccc(C4CCN(CC(=O)NC(C)C)CC4)c(C)c3)n2)n1. The molecule has 1 amide bonds. The number of carbonyl (C=O) groups is 1. The summed E-state index contributed by atoms with van der Waals surface area (Å²) in [6, 6.07) is 10.1. The van der Waals surface area contributed by atoms with Crippen LogP contribution in [0.15, 0.2) is 53.7 Å². The fourth-order valence-electron chi connectivity index (χ4n) is 5.33. The highest BCUT2D eigenvalue weighted by atomic mass is 16.5. The van der Waals surface area contributed by atoms with Gasteiger partial charge in [0.15, 0.2) is 0 Å². The van der Waals surface area contributed by atoms with E-state index < -0.39 is 0 Å². The number of anilines is 2. The smallest absolute Gasteiger partial charge is 0.259 e. The lowest BCUT2D eigenvalue weighted by atomic mass is 9.86. The van der Waals surface area contributed by atoms with Crippen LogP contribution in [0, 0.1) is 6.92 Å². The molecule has 0 bridgehead atoms. The van der Waals surface area contributed by atoms with Crippen LogP contribution in [0.3, 0.4) is 0 Å². The van der Waals surface area contributed by atoms with Gasteiger partial charge in [0.25, 0.3) is 5.56 Å². The van der Waals surface area contributed by atoms with E-state index in [-0.39, 0.29) is 17.5 Å². The lowest BCUT2D eigenvalue weighted by molar-refractivity contribution is -0.123. The second-order valence-electron chi connectivity index (χ2n) is 10.5. The quantitative estimate of drug-likeness (QED) is 0.304. The van der Waals surface area contributed by atoms with Gasteiger partial charge in [0, 0.05) is 17.9 Å². The Morgan fingerprint density at radius 1 is 1.12 bits per heavy atom. The zero-order valence-corrected chi connectivity index (χ0v) is 23.3. The highest BCUT2D eigenvalue weighted by molar-refractivity contribution is 5.95. The maximum Gasteiger partial charge on any atom is 0.259 e. The van der Waals surface area contributed by atoms with Crippen LogP contribution in [0.1, 0.15) is 43.7 Å². The Kier molecular flexibility index (Phi) is 8.06. The molecule has 10 nitrogen and oxygen atoms in total. The summed E-state index contributed by atoms with van der Waals surface area (Å²) in [5, 5.41) is 7.56. The number of likely N-dealkylation sites (tertiary alicyclic amines) is 1. The van der Waals surface area contributed by atoms with E-state index in [4.69, 9.17) is 9.72 Å². The van der Waals surface area contributed by atoms with Gasteiger partial charge in [-0.3, -0.25) is 19.5 Å². The number of carbonyl (C=O) groups excluding carboxylic acids is 1. The van der Waals surface area contributed by atoms with Gasteiger partial charge in [-0.15, -0.1) is 0 Å². The number of amides is 1. The van der Waals surface area contributed by atoms with Crippen LogP contribution in [0.2, 0.25) is 0 Å². The predicted octanol–water partition coefficient (Wildman–Crippen LogP) is 4.14. The topological polar surface area (TPSA) is 125 Å². The Labute approximate surface area is 233 Å². The van der Waals surface area contributed by atoms with Gasteiger partial charge in [0.05, 0.1) is 37.1 Å². The van der Waals surface area contributed by atoms with Crippen LogP contribution in [-0.2, 0) is 4.79 Å². The molecule has 0 radical (unpaired) electrons. The Bertz CT molecular complexity index is 1580. The van der Waals surface area contributed by atoms with Gasteiger partial charge >= 0.3 is 0 Å². The van der Waals surface area contributed by atoms with Gasteiger partial charge < -0.3 is 20.4 Å². The standard InChI is InChI=1S/C30H35N7O3/c1-18(2)33-26(38)17-37-11-8-20(9-12-37)23-6-5-22(13-19(23)3)34-29-28-21(7-10-32-30(28)39)14-24(36-29)25-15-31-16-27(35-25)40-4/h5-7,10,13-16,18,20H,8-9,11-12,17H2,1-4H3,(H,32,39)(H,33,38)(H,34,36). The number of methoxy groups -OCH3 is 1. The number of aromatic nitrogens is 4. The highest BCUT2D eigenvalue weighted by Crippen LogP contribution is 2.33. The predicted molar refractivity (Wildman–Crippen MR) is 156 cm³/mol. The van der Waals surface area contributed by atoms with Crippen molar-refractivity contribution in [3.8, 4) is 17.3 Å². The number of pyridine rings is 2. The molecular weight excluding hydrogens is 506 g/mol. The molecule has 3 aromatic heterocycles. The lowest BCUT2D eigenvalue weighted by Crippen LogP contribution is -2.43. The van der Waals surface area contributed by atoms with E-state index in [9.17, 15) is 9.59 Å². The Morgan fingerprint density at radius 2 is 1.93 bits per heavy atom.